The molecule has 110 valence electrons. The Hall–Kier alpha value is -1.12. The zero-order chi connectivity index (χ0) is 14.8. The highest BCUT2D eigenvalue weighted by Crippen LogP contribution is 2.77. The molecule has 0 bridgehead atoms. The molecule has 0 aromatic rings. The number of carbonyl (C=O) groups is 2. The lowest BCUT2D eigenvalue weighted by Gasteiger charge is -2.50. The van der Waals surface area contributed by atoms with Crippen LogP contribution in [0.25, 0.3) is 0 Å². The Morgan fingerprint density at radius 2 is 1.85 bits per heavy atom. The van der Waals surface area contributed by atoms with Crippen molar-refractivity contribution in [2.75, 3.05) is 0 Å². The molecule has 0 amide bonds. The van der Waals surface area contributed by atoms with Crippen molar-refractivity contribution in [2.24, 2.45) is 16.2 Å². The van der Waals surface area contributed by atoms with Crippen molar-refractivity contribution in [2.45, 2.75) is 65.7 Å². The van der Waals surface area contributed by atoms with Gasteiger partial charge in [0.2, 0.25) is 0 Å². The second-order valence-electron chi connectivity index (χ2n) is 7.53. The second kappa shape index (κ2) is 3.96. The first-order chi connectivity index (χ1) is 9.29. The Kier molecular flexibility index (Phi) is 2.74. The normalized spacial score (nSPS) is 43.4. The predicted molar refractivity (Wildman–Crippen MR) is 76.3 cm³/mol. The van der Waals surface area contributed by atoms with Gasteiger partial charge >= 0.3 is 5.97 Å². The van der Waals surface area contributed by atoms with E-state index in [4.69, 9.17) is 0 Å². The van der Waals surface area contributed by atoms with E-state index >= 15 is 0 Å². The molecule has 20 heavy (non-hydrogen) atoms. The second-order valence-corrected chi connectivity index (χ2v) is 7.53. The maximum Gasteiger partial charge on any atom is 0.310 e. The molecule has 3 saturated carbocycles. The molecule has 3 rings (SSSR count). The number of carbonyl (C=O) groups excluding carboxylic acids is 1. The van der Waals surface area contributed by atoms with Crippen LogP contribution in [0.1, 0.15) is 65.7 Å². The summed E-state index contributed by atoms with van der Waals surface area (Å²) in [6, 6.07) is 0. The van der Waals surface area contributed by atoms with Crippen molar-refractivity contribution in [3.05, 3.63) is 11.1 Å². The van der Waals surface area contributed by atoms with E-state index in [9.17, 15) is 14.7 Å². The summed E-state index contributed by atoms with van der Waals surface area (Å²) in [5, 5.41) is 9.91. The van der Waals surface area contributed by atoms with Crippen molar-refractivity contribution < 1.29 is 14.7 Å². The first kappa shape index (κ1) is 13.8. The smallest absolute Gasteiger partial charge is 0.310 e. The van der Waals surface area contributed by atoms with E-state index in [0.717, 1.165) is 25.7 Å². The Balaban J connectivity index is 2.27. The molecule has 1 unspecified atom stereocenters. The van der Waals surface area contributed by atoms with E-state index in [1.54, 1.807) is 0 Å². The first-order valence-corrected chi connectivity index (χ1v) is 7.71. The van der Waals surface area contributed by atoms with Gasteiger partial charge in [-0.25, -0.2) is 0 Å². The van der Waals surface area contributed by atoms with Crippen LogP contribution in [0, 0.1) is 16.2 Å². The van der Waals surface area contributed by atoms with E-state index in [-0.39, 0.29) is 10.8 Å². The molecule has 3 heteroatoms. The third kappa shape index (κ3) is 1.32. The van der Waals surface area contributed by atoms with Crippen LogP contribution in [0.3, 0.4) is 0 Å². The van der Waals surface area contributed by atoms with Gasteiger partial charge in [-0.05, 0) is 51.9 Å². The summed E-state index contributed by atoms with van der Waals surface area (Å²) in [7, 11) is 0. The lowest BCUT2D eigenvalue weighted by atomic mass is 9.51. The zero-order valence-corrected chi connectivity index (χ0v) is 12.7. The van der Waals surface area contributed by atoms with Gasteiger partial charge in [0, 0.05) is 18.3 Å². The molecule has 0 saturated heterocycles. The van der Waals surface area contributed by atoms with E-state index in [1.165, 1.54) is 11.1 Å². The Bertz CT molecular complexity index is 528. The Labute approximate surface area is 120 Å². The molecule has 1 N–H and O–H groups in total. The monoisotopic (exact) mass is 276 g/mol. The molecule has 3 aliphatic rings. The number of carboxylic acids is 1. The van der Waals surface area contributed by atoms with Crippen molar-refractivity contribution in [1.82, 2.24) is 0 Å². The molecule has 0 radical (unpaired) electrons. The third-order valence-electron chi connectivity index (χ3n) is 6.69. The zero-order valence-electron chi connectivity index (χ0n) is 12.7. The number of ketones is 1. The summed E-state index contributed by atoms with van der Waals surface area (Å²) in [6.07, 6.45) is 5.59. The highest BCUT2D eigenvalue weighted by molar-refractivity contribution is 5.85. The SMILES string of the molecule is CC(C)=C1CC(C)(C(=O)O)[C@]23CCC[C@]12CC(=O)CC3. The van der Waals surface area contributed by atoms with Gasteiger partial charge < -0.3 is 5.11 Å². The predicted octanol–water partition coefficient (Wildman–Crippen LogP) is 3.73. The fourth-order valence-electron chi connectivity index (χ4n) is 5.82. The van der Waals surface area contributed by atoms with Crippen molar-refractivity contribution in [1.29, 1.82) is 0 Å². The van der Waals surface area contributed by atoms with Crippen LogP contribution >= 0.6 is 0 Å². The molecular weight excluding hydrogens is 252 g/mol. The van der Waals surface area contributed by atoms with Gasteiger partial charge in [-0.15, -0.1) is 0 Å². The summed E-state index contributed by atoms with van der Waals surface area (Å²) in [4.78, 5) is 24.2. The number of aliphatic carboxylic acids is 1. The van der Waals surface area contributed by atoms with Crippen molar-refractivity contribution in [3.8, 4) is 0 Å². The van der Waals surface area contributed by atoms with Crippen molar-refractivity contribution >= 4 is 11.8 Å². The lowest BCUT2D eigenvalue weighted by molar-refractivity contribution is -0.162. The number of carboxylic acid groups (broad SMARTS) is 1. The Morgan fingerprint density at radius 1 is 1.15 bits per heavy atom. The number of rotatable bonds is 1. The number of allylic oxidation sites excluding steroid dienone is 2. The van der Waals surface area contributed by atoms with Gasteiger partial charge in [-0.3, -0.25) is 9.59 Å². The van der Waals surface area contributed by atoms with Gasteiger partial charge in [-0.1, -0.05) is 17.6 Å². The van der Waals surface area contributed by atoms with Gasteiger partial charge in [0.05, 0.1) is 5.41 Å². The van der Waals surface area contributed by atoms with Crippen LogP contribution in [0.5, 0.6) is 0 Å². The average Bonchev–Trinajstić information content (AvgIpc) is 2.83. The first-order valence-electron chi connectivity index (χ1n) is 7.71. The summed E-state index contributed by atoms with van der Waals surface area (Å²) in [5.74, 6) is -0.342. The highest BCUT2D eigenvalue weighted by Gasteiger charge is 2.73. The minimum absolute atomic E-state index is 0.145. The van der Waals surface area contributed by atoms with Gasteiger partial charge in [0.15, 0.2) is 0 Å². The molecular formula is C17H24O3. The highest BCUT2D eigenvalue weighted by atomic mass is 16.4. The van der Waals surface area contributed by atoms with E-state index < -0.39 is 11.4 Å². The van der Waals surface area contributed by atoms with Crippen LogP contribution in [0.4, 0.5) is 0 Å². The molecule has 3 aliphatic carbocycles. The van der Waals surface area contributed by atoms with Gasteiger partial charge in [0.25, 0.3) is 0 Å². The van der Waals surface area contributed by atoms with Crippen LogP contribution in [0.15, 0.2) is 11.1 Å². The standard InChI is InChI=1S/C17H24O3/c1-11(2)13-10-15(3,14(19)20)17-7-4-6-16(13,17)9-12(18)5-8-17/h4-10H2,1-3H3,(H,19,20)/t15?,16-,17+/m0/s1. The molecule has 3 nitrogen and oxygen atoms in total. The minimum atomic E-state index is -0.698. The molecule has 3 fully saturated rings. The maximum absolute atomic E-state index is 12.1. The van der Waals surface area contributed by atoms with E-state index in [0.29, 0.717) is 25.0 Å². The van der Waals surface area contributed by atoms with Gasteiger partial charge in [-0.2, -0.15) is 0 Å². The van der Waals surface area contributed by atoms with E-state index in [1.807, 2.05) is 6.92 Å². The molecule has 0 aliphatic heterocycles. The van der Waals surface area contributed by atoms with Crippen LogP contribution in [-0.2, 0) is 9.59 Å². The summed E-state index contributed by atoms with van der Waals surface area (Å²) >= 11 is 0. The number of hydrogen-bond donors (Lipinski definition) is 1. The Morgan fingerprint density at radius 3 is 2.45 bits per heavy atom. The minimum Gasteiger partial charge on any atom is -0.481 e. The average molecular weight is 276 g/mol. The van der Waals surface area contributed by atoms with Crippen LogP contribution < -0.4 is 0 Å². The molecule has 0 spiro atoms. The summed E-state index contributed by atoms with van der Waals surface area (Å²) in [5.41, 5.74) is 1.49. The van der Waals surface area contributed by atoms with Gasteiger partial charge in [0.1, 0.15) is 5.78 Å². The molecule has 0 heterocycles. The topological polar surface area (TPSA) is 54.4 Å². The van der Waals surface area contributed by atoms with Crippen LogP contribution in [-0.4, -0.2) is 16.9 Å². The molecule has 0 aromatic heterocycles. The number of hydrogen-bond acceptors (Lipinski definition) is 2. The maximum atomic E-state index is 12.1. The fourth-order valence-corrected chi connectivity index (χ4v) is 5.82. The molecule has 0 aromatic carbocycles. The number of Topliss-reactive ketones (excluding diaryl/α,β-unsaturated/α-hetero) is 1. The quantitative estimate of drug-likeness (QED) is 0.742. The summed E-state index contributed by atoms with van der Waals surface area (Å²) in [6.45, 7) is 6.10. The lowest BCUT2D eigenvalue weighted by Crippen LogP contribution is -2.50. The van der Waals surface area contributed by atoms with Crippen molar-refractivity contribution in [3.63, 3.8) is 0 Å². The third-order valence-corrected chi connectivity index (χ3v) is 6.69. The van der Waals surface area contributed by atoms with Crippen LogP contribution in [0.2, 0.25) is 0 Å². The fraction of sp³-hybridized carbons (Fsp3) is 0.765. The van der Waals surface area contributed by atoms with E-state index in [2.05, 4.69) is 13.8 Å². The largest absolute Gasteiger partial charge is 0.481 e. The molecule has 3 atom stereocenters. The summed E-state index contributed by atoms with van der Waals surface area (Å²) < 4.78 is 0.